The predicted octanol–water partition coefficient (Wildman–Crippen LogP) is 10.6. The number of aromatic nitrogens is 3. The van der Waals surface area contributed by atoms with Crippen LogP contribution in [0.15, 0.2) is 146 Å². The number of hydrogen-bond acceptors (Lipinski definition) is 3. The molecular formula is C40H25N3O. The fourth-order valence-electron chi connectivity index (χ4n) is 6.33. The van der Waals surface area contributed by atoms with Gasteiger partial charge in [-0.1, -0.05) is 109 Å². The summed E-state index contributed by atoms with van der Waals surface area (Å²) in [6.07, 6.45) is 0. The first-order valence-corrected chi connectivity index (χ1v) is 14.7. The highest BCUT2D eigenvalue weighted by atomic mass is 16.5. The highest BCUT2D eigenvalue weighted by Gasteiger charge is 2.18. The number of aromatic amines is 1. The molecule has 0 fully saturated rings. The van der Waals surface area contributed by atoms with E-state index in [1.165, 1.54) is 10.8 Å². The van der Waals surface area contributed by atoms with Gasteiger partial charge in [0, 0.05) is 28.0 Å². The fraction of sp³-hybridized carbons (Fsp3) is 0. The van der Waals surface area contributed by atoms with Crippen molar-refractivity contribution in [3.63, 3.8) is 0 Å². The van der Waals surface area contributed by atoms with Crippen LogP contribution in [0.25, 0.3) is 77.8 Å². The van der Waals surface area contributed by atoms with Crippen LogP contribution in [0, 0.1) is 0 Å². The molecule has 4 heteroatoms. The molecule has 1 aliphatic heterocycles. The molecule has 4 heterocycles. The summed E-state index contributed by atoms with van der Waals surface area (Å²) in [6.45, 7) is 0. The molecule has 3 aromatic heterocycles. The average molecular weight is 564 g/mol. The van der Waals surface area contributed by atoms with E-state index in [0.29, 0.717) is 5.88 Å². The SMILES string of the molecule is c1ccc(-c2cc3nc(c2)-c2cc(-c4ccccc4)cc(n2)-c2cccc4c2[nH]c2c(cccc24)-c2cccc(c2)O3)cc1. The van der Waals surface area contributed by atoms with Crippen molar-refractivity contribution >= 4 is 21.8 Å². The van der Waals surface area contributed by atoms with Crippen molar-refractivity contribution in [1.29, 1.82) is 0 Å². The Balaban J connectivity index is 1.40. The first-order chi connectivity index (χ1) is 21.8. The van der Waals surface area contributed by atoms with Crippen LogP contribution in [0.4, 0.5) is 0 Å². The van der Waals surface area contributed by atoms with Crippen LogP contribution in [0.3, 0.4) is 0 Å². The van der Waals surface area contributed by atoms with E-state index in [0.717, 1.165) is 72.8 Å². The van der Waals surface area contributed by atoms with Gasteiger partial charge in [-0.15, -0.1) is 0 Å². The highest BCUT2D eigenvalue weighted by molar-refractivity contribution is 6.15. The van der Waals surface area contributed by atoms with Gasteiger partial charge in [0.25, 0.3) is 0 Å². The first kappa shape index (κ1) is 24.6. The van der Waals surface area contributed by atoms with E-state index in [4.69, 9.17) is 14.7 Å². The lowest BCUT2D eigenvalue weighted by Gasteiger charge is -2.14. The van der Waals surface area contributed by atoms with E-state index < -0.39 is 0 Å². The van der Waals surface area contributed by atoms with Crippen molar-refractivity contribution in [3.05, 3.63) is 146 Å². The molecule has 8 aromatic rings. The Morgan fingerprint density at radius 2 is 0.977 bits per heavy atom. The molecule has 0 aliphatic carbocycles. The Hall–Kier alpha value is -6.00. The van der Waals surface area contributed by atoms with Gasteiger partial charge < -0.3 is 9.72 Å². The number of pyridine rings is 2. The molecule has 206 valence electrons. The number of fused-ring (bicyclic) bond motifs is 10. The molecule has 1 N–H and O–H groups in total. The Kier molecular flexibility index (Phi) is 5.47. The molecule has 4 nitrogen and oxygen atoms in total. The average Bonchev–Trinajstić information content (AvgIpc) is 3.48. The maximum atomic E-state index is 6.52. The summed E-state index contributed by atoms with van der Waals surface area (Å²) >= 11 is 0. The molecule has 44 heavy (non-hydrogen) atoms. The number of para-hydroxylation sites is 2. The monoisotopic (exact) mass is 563 g/mol. The van der Waals surface area contributed by atoms with Gasteiger partial charge in [0.2, 0.25) is 5.88 Å². The Bertz CT molecular complexity index is 2360. The molecule has 0 radical (unpaired) electrons. The topological polar surface area (TPSA) is 50.8 Å². The van der Waals surface area contributed by atoms with E-state index in [9.17, 15) is 0 Å². The van der Waals surface area contributed by atoms with Crippen LogP contribution in [0.1, 0.15) is 0 Å². The second-order valence-corrected chi connectivity index (χ2v) is 11.1. The van der Waals surface area contributed by atoms with Crippen molar-refractivity contribution in [2.24, 2.45) is 0 Å². The summed E-state index contributed by atoms with van der Waals surface area (Å²) in [4.78, 5) is 14.1. The molecular weight excluding hydrogens is 538 g/mol. The quantitative estimate of drug-likeness (QED) is 0.228. The molecule has 0 amide bonds. The van der Waals surface area contributed by atoms with Gasteiger partial charge >= 0.3 is 0 Å². The molecule has 0 unspecified atom stereocenters. The Labute approximate surface area is 254 Å². The molecule has 1 aliphatic rings. The third-order valence-electron chi connectivity index (χ3n) is 8.42. The van der Waals surface area contributed by atoms with Crippen molar-refractivity contribution in [1.82, 2.24) is 15.0 Å². The molecule has 0 saturated carbocycles. The predicted molar refractivity (Wildman–Crippen MR) is 179 cm³/mol. The van der Waals surface area contributed by atoms with E-state index in [-0.39, 0.29) is 0 Å². The van der Waals surface area contributed by atoms with E-state index in [1.807, 2.05) is 42.5 Å². The van der Waals surface area contributed by atoms with Crippen LogP contribution < -0.4 is 4.74 Å². The van der Waals surface area contributed by atoms with Gasteiger partial charge in [0.1, 0.15) is 5.75 Å². The van der Waals surface area contributed by atoms with Crippen LogP contribution in [-0.4, -0.2) is 15.0 Å². The Morgan fingerprint density at radius 1 is 0.409 bits per heavy atom. The van der Waals surface area contributed by atoms with Crippen molar-refractivity contribution in [3.8, 4) is 67.7 Å². The lowest BCUT2D eigenvalue weighted by atomic mass is 9.98. The fourth-order valence-corrected chi connectivity index (χ4v) is 6.33. The largest absolute Gasteiger partial charge is 0.439 e. The second-order valence-electron chi connectivity index (χ2n) is 11.1. The zero-order valence-electron chi connectivity index (χ0n) is 23.7. The summed E-state index contributed by atoms with van der Waals surface area (Å²) in [5.74, 6) is 1.24. The third-order valence-corrected chi connectivity index (χ3v) is 8.42. The van der Waals surface area contributed by atoms with Crippen LogP contribution in [0.2, 0.25) is 0 Å². The van der Waals surface area contributed by atoms with Gasteiger partial charge in [-0.25, -0.2) is 9.97 Å². The minimum absolute atomic E-state index is 0.517. The zero-order chi connectivity index (χ0) is 29.0. The third kappa shape index (κ3) is 4.08. The van der Waals surface area contributed by atoms with Crippen LogP contribution >= 0.6 is 0 Å². The molecule has 0 spiro atoms. The number of nitrogens with one attached hydrogen (secondary N) is 1. The summed E-state index contributed by atoms with van der Waals surface area (Å²) < 4.78 is 6.52. The highest BCUT2D eigenvalue weighted by Crippen LogP contribution is 2.40. The number of rotatable bonds is 2. The van der Waals surface area contributed by atoms with Gasteiger partial charge in [-0.2, -0.15) is 0 Å². The molecule has 5 aromatic carbocycles. The number of nitrogens with zero attached hydrogens (tertiary/aromatic N) is 2. The van der Waals surface area contributed by atoms with Crippen LogP contribution in [-0.2, 0) is 0 Å². The minimum atomic E-state index is 0.517. The summed E-state index contributed by atoms with van der Waals surface area (Å²) in [5, 5.41) is 2.34. The van der Waals surface area contributed by atoms with Gasteiger partial charge in [-0.3, -0.25) is 0 Å². The number of benzene rings is 5. The van der Waals surface area contributed by atoms with Crippen molar-refractivity contribution in [2.45, 2.75) is 0 Å². The summed E-state index contributed by atoms with van der Waals surface area (Å²) in [7, 11) is 0. The van der Waals surface area contributed by atoms with Crippen molar-refractivity contribution in [2.75, 3.05) is 0 Å². The maximum Gasteiger partial charge on any atom is 0.220 e. The van der Waals surface area contributed by atoms with Gasteiger partial charge in [0.15, 0.2) is 0 Å². The summed E-state index contributed by atoms with van der Waals surface area (Å²) in [5.41, 5.74) is 12.1. The van der Waals surface area contributed by atoms with E-state index >= 15 is 0 Å². The maximum absolute atomic E-state index is 6.52. The normalized spacial score (nSPS) is 11.8. The molecule has 8 bridgehead atoms. The van der Waals surface area contributed by atoms with Gasteiger partial charge in [-0.05, 0) is 58.1 Å². The van der Waals surface area contributed by atoms with E-state index in [1.54, 1.807) is 0 Å². The molecule has 0 atom stereocenters. The number of hydrogen-bond donors (Lipinski definition) is 1. The number of ether oxygens (including phenoxy) is 1. The number of H-pyrrole nitrogens is 1. The zero-order valence-corrected chi connectivity index (χ0v) is 23.7. The summed E-state index contributed by atoms with van der Waals surface area (Å²) in [6, 6.07) is 50.4. The lowest BCUT2D eigenvalue weighted by Crippen LogP contribution is -1.96. The minimum Gasteiger partial charge on any atom is -0.439 e. The lowest BCUT2D eigenvalue weighted by molar-refractivity contribution is 0.464. The van der Waals surface area contributed by atoms with Crippen molar-refractivity contribution < 1.29 is 4.74 Å². The molecule has 9 rings (SSSR count). The first-order valence-electron chi connectivity index (χ1n) is 14.7. The smallest absolute Gasteiger partial charge is 0.220 e. The Morgan fingerprint density at radius 3 is 1.70 bits per heavy atom. The second kappa shape index (κ2) is 9.79. The standard InChI is InChI=1S/C40H25N3O/c1-3-10-25(11-4-1)28-21-35-34-19-9-18-33-32-17-8-16-31(39(32)43-40(33)34)27-14-7-15-30(20-27)44-38-24-29(26-12-5-2-6-13-26)23-37(42-38)36(22-28)41-35/h1-24,43H. The van der Waals surface area contributed by atoms with Gasteiger partial charge in [0.05, 0.1) is 28.1 Å². The molecule has 0 saturated heterocycles. The van der Waals surface area contributed by atoms with Crippen LogP contribution in [0.5, 0.6) is 11.6 Å². The van der Waals surface area contributed by atoms with E-state index in [2.05, 4.69) is 108 Å².